The van der Waals surface area contributed by atoms with Crippen molar-refractivity contribution in [3.05, 3.63) is 0 Å². The van der Waals surface area contributed by atoms with Crippen molar-refractivity contribution in [2.45, 2.75) is 58.2 Å². The highest BCUT2D eigenvalue weighted by atomic mass is 16.5. The van der Waals surface area contributed by atoms with Gasteiger partial charge >= 0.3 is 0 Å². The molecule has 2 atom stereocenters. The zero-order chi connectivity index (χ0) is 15.1. The van der Waals surface area contributed by atoms with Crippen LogP contribution in [0.2, 0.25) is 0 Å². The van der Waals surface area contributed by atoms with Gasteiger partial charge in [-0.1, -0.05) is 0 Å². The van der Waals surface area contributed by atoms with E-state index in [4.69, 9.17) is 9.84 Å². The lowest BCUT2D eigenvalue weighted by atomic mass is 9.95. The van der Waals surface area contributed by atoms with Crippen LogP contribution in [-0.4, -0.2) is 73.0 Å². The summed E-state index contributed by atoms with van der Waals surface area (Å²) in [7, 11) is 0. The van der Waals surface area contributed by atoms with Crippen molar-refractivity contribution in [1.82, 2.24) is 9.80 Å². The first-order valence-corrected chi connectivity index (χ1v) is 8.88. The summed E-state index contributed by atoms with van der Waals surface area (Å²) < 4.78 is 5.82. The van der Waals surface area contributed by atoms with Crippen LogP contribution in [0.5, 0.6) is 0 Å². The van der Waals surface area contributed by atoms with E-state index in [1.807, 2.05) is 0 Å². The molecule has 2 unspecified atom stereocenters. The largest absolute Gasteiger partial charge is 0.396 e. The topological polar surface area (TPSA) is 35.9 Å². The smallest absolute Gasteiger partial charge is 0.0678 e. The molecule has 2 aliphatic rings. The van der Waals surface area contributed by atoms with E-state index >= 15 is 0 Å². The summed E-state index contributed by atoms with van der Waals surface area (Å²) in [4.78, 5) is 5.22. The second kappa shape index (κ2) is 9.09. The lowest BCUT2D eigenvalue weighted by molar-refractivity contribution is -0.0731. The first kappa shape index (κ1) is 17.2. The Morgan fingerprint density at radius 3 is 2.24 bits per heavy atom. The SMILES string of the molecule is CC1CN(CC2CCN(CCCCCO)CC2)CC(C)O1. The number of hydrogen-bond acceptors (Lipinski definition) is 4. The predicted octanol–water partition coefficient (Wildman–Crippen LogP) is 1.97. The Balaban J connectivity index is 1.60. The van der Waals surface area contributed by atoms with Gasteiger partial charge in [0.05, 0.1) is 12.2 Å². The third kappa shape index (κ3) is 6.23. The first-order valence-electron chi connectivity index (χ1n) is 8.88. The van der Waals surface area contributed by atoms with Gasteiger partial charge in [-0.3, -0.25) is 4.90 Å². The van der Waals surface area contributed by atoms with Crippen molar-refractivity contribution < 1.29 is 9.84 Å². The molecule has 0 amide bonds. The monoisotopic (exact) mass is 298 g/mol. The molecule has 0 radical (unpaired) electrons. The van der Waals surface area contributed by atoms with Crippen molar-refractivity contribution in [1.29, 1.82) is 0 Å². The standard InChI is InChI=1S/C17H34N2O2/c1-15-12-19(13-16(2)21-15)14-17-6-9-18(10-7-17)8-4-3-5-11-20/h15-17,20H,3-14H2,1-2H3. The van der Waals surface area contributed by atoms with Crippen molar-refractivity contribution in [3.8, 4) is 0 Å². The van der Waals surface area contributed by atoms with E-state index in [1.54, 1.807) is 0 Å². The number of morpholine rings is 1. The normalized spacial score (nSPS) is 29.9. The summed E-state index contributed by atoms with van der Waals surface area (Å²) in [5.41, 5.74) is 0. The van der Waals surface area contributed by atoms with E-state index in [9.17, 15) is 0 Å². The average molecular weight is 298 g/mol. The average Bonchev–Trinajstić information content (AvgIpc) is 2.44. The van der Waals surface area contributed by atoms with Gasteiger partial charge in [0, 0.05) is 26.2 Å². The summed E-state index contributed by atoms with van der Waals surface area (Å²) in [6.07, 6.45) is 6.84. The lowest BCUT2D eigenvalue weighted by Crippen LogP contribution is -2.48. The fourth-order valence-electron chi connectivity index (χ4n) is 3.82. The number of ether oxygens (including phenoxy) is 1. The van der Waals surface area contributed by atoms with Crippen LogP contribution in [-0.2, 0) is 4.74 Å². The maximum Gasteiger partial charge on any atom is 0.0678 e. The predicted molar refractivity (Wildman–Crippen MR) is 86.5 cm³/mol. The molecule has 2 aliphatic heterocycles. The van der Waals surface area contributed by atoms with Crippen LogP contribution in [0.15, 0.2) is 0 Å². The van der Waals surface area contributed by atoms with E-state index in [0.717, 1.165) is 25.4 Å². The van der Waals surface area contributed by atoms with Gasteiger partial charge in [0.2, 0.25) is 0 Å². The maximum absolute atomic E-state index is 8.80. The molecule has 2 fully saturated rings. The number of piperidine rings is 1. The zero-order valence-corrected chi connectivity index (χ0v) is 14.0. The van der Waals surface area contributed by atoms with Gasteiger partial charge in [-0.25, -0.2) is 0 Å². The van der Waals surface area contributed by atoms with Gasteiger partial charge in [-0.15, -0.1) is 0 Å². The number of unbranched alkanes of at least 4 members (excludes halogenated alkanes) is 2. The van der Waals surface area contributed by atoms with Crippen LogP contribution in [0.1, 0.15) is 46.0 Å². The fraction of sp³-hybridized carbons (Fsp3) is 1.00. The molecule has 2 saturated heterocycles. The van der Waals surface area contributed by atoms with Crippen LogP contribution in [0.25, 0.3) is 0 Å². The molecule has 0 aromatic heterocycles. The highest BCUT2D eigenvalue weighted by Crippen LogP contribution is 2.21. The van der Waals surface area contributed by atoms with Crippen LogP contribution in [0, 0.1) is 5.92 Å². The van der Waals surface area contributed by atoms with Crippen LogP contribution in [0.4, 0.5) is 0 Å². The van der Waals surface area contributed by atoms with E-state index < -0.39 is 0 Å². The molecule has 0 bridgehead atoms. The van der Waals surface area contributed by atoms with E-state index in [-0.39, 0.29) is 0 Å². The summed E-state index contributed by atoms with van der Waals surface area (Å²) in [5, 5.41) is 8.80. The molecule has 124 valence electrons. The molecule has 0 saturated carbocycles. The molecular formula is C17H34N2O2. The molecule has 0 aliphatic carbocycles. The molecule has 0 spiro atoms. The second-order valence-corrected chi connectivity index (χ2v) is 7.05. The highest BCUT2D eigenvalue weighted by Gasteiger charge is 2.26. The fourth-order valence-corrected chi connectivity index (χ4v) is 3.82. The zero-order valence-electron chi connectivity index (χ0n) is 14.0. The van der Waals surface area contributed by atoms with Gasteiger partial charge in [-0.05, 0) is 71.5 Å². The number of likely N-dealkylation sites (tertiary alicyclic amines) is 1. The second-order valence-electron chi connectivity index (χ2n) is 7.05. The molecule has 0 aromatic carbocycles. The Morgan fingerprint density at radius 1 is 0.952 bits per heavy atom. The number of aliphatic hydroxyl groups excluding tert-OH is 1. The maximum atomic E-state index is 8.80. The molecule has 0 aromatic rings. The summed E-state index contributed by atoms with van der Waals surface area (Å²) in [6.45, 7) is 11.9. The van der Waals surface area contributed by atoms with Crippen LogP contribution in [0.3, 0.4) is 0 Å². The third-order valence-electron chi connectivity index (χ3n) is 4.85. The third-order valence-corrected chi connectivity index (χ3v) is 4.85. The molecule has 4 heteroatoms. The summed E-state index contributed by atoms with van der Waals surface area (Å²) >= 11 is 0. The minimum atomic E-state index is 0.346. The van der Waals surface area contributed by atoms with Crippen molar-refractivity contribution in [3.63, 3.8) is 0 Å². The van der Waals surface area contributed by atoms with Crippen molar-refractivity contribution in [2.24, 2.45) is 5.92 Å². The van der Waals surface area contributed by atoms with E-state index in [0.29, 0.717) is 18.8 Å². The summed E-state index contributed by atoms with van der Waals surface area (Å²) in [5.74, 6) is 0.871. The quantitative estimate of drug-likeness (QED) is 0.729. The van der Waals surface area contributed by atoms with Crippen LogP contribution >= 0.6 is 0 Å². The minimum Gasteiger partial charge on any atom is -0.396 e. The molecular weight excluding hydrogens is 264 g/mol. The van der Waals surface area contributed by atoms with Gasteiger partial charge in [-0.2, -0.15) is 0 Å². The first-order chi connectivity index (χ1) is 10.2. The number of rotatable bonds is 7. The number of aliphatic hydroxyl groups is 1. The molecule has 2 heterocycles. The van der Waals surface area contributed by atoms with Gasteiger partial charge < -0.3 is 14.7 Å². The van der Waals surface area contributed by atoms with Gasteiger partial charge in [0.25, 0.3) is 0 Å². The Kier molecular flexibility index (Phi) is 7.44. The highest BCUT2D eigenvalue weighted by molar-refractivity contribution is 4.79. The minimum absolute atomic E-state index is 0.346. The number of nitrogens with zero attached hydrogens (tertiary/aromatic N) is 2. The van der Waals surface area contributed by atoms with E-state index in [1.165, 1.54) is 51.9 Å². The van der Waals surface area contributed by atoms with Gasteiger partial charge in [0.15, 0.2) is 0 Å². The van der Waals surface area contributed by atoms with E-state index in [2.05, 4.69) is 23.6 Å². The molecule has 4 nitrogen and oxygen atoms in total. The molecule has 1 N–H and O–H groups in total. The molecule has 21 heavy (non-hydrogen) atoms. The van der Waals surface area contributed by atoms with Crippen molar-refractivity contribution >= 4 is 0 Å². The Labute approximate surface area is 130 Å². The number of hydrogen-bond donors (Lipinski definition) is 1. The van der Waals surface area contributed by atoms with Gasteiger partial charge in [0.1, 0.15) is 0 Å². The van der Waals surface area contributed by atoms with Crippen LogP contribution < -0.4 is 0 Å². The summed E-state index contributed by atoms with van der Waals surface area (Å²) in [6, 6.07) is 0. The Bertz CT molecular complexity index is 270. The lowest BCUT2D eigenvalue weighted by Gasteiger charge is -2.39. The Morgan fingerprint density at radius 2 is 1.62 bits per heavy atom. The molecule has 2 rings (SSSR count). The Hall–Kier alpha value is -0.160. The van der Waals surface area contributed by atoms with Crippen molar-refractivity contribution in [2.75, 3.05) is 45.9 Å².